The molecule has 33 heavy (non-hydrogen) atoms. The van der Waals surface area contributed by atoms with Crippen LogP contribution in [0.5, 0.6) is 11.5 Å². The first-order valence-corrected chi connectivity index (χ1v) is 12.0. The molecule has 0 saturated carbocycles. The Morgan fingerprint density at radius 1 is 1.03 bits per heavy atom. The number of benzene rings is 2. The maximum Gasteiger partial charge on any atom is 0.293 e. The third kappa shape index (κ3) is 5.74. The van der Waals surface area contributed by atoms with Crippen molar-refractivity contribution in [1.29, 1.82) is 0 Å². The molecule has 7 heteroatoms. The molecule has 1 aliphatic rings. The first-order chi connectivity index (χ1) is 15.3. The third-order valence-electron chi connectivity index (χ3n) is 5.33. The lowest BCUT2D eigenvalue weighted by molar-refractivity contribution is -0.123. The van der Waals surface area contributed by atoms with Crippen molar-refractivity contribution in [2.24, 2.45) is 0 Å². The van der Waals surface area contributed by atoms with Gasteiger partial charge in [0.25, 0.3) is 11.1 Å². The molecule has 0 bridgehead atoms. The number of para-hydroxylation sites is 1. The summed E-state index contributed by atoms with van der Waals surface area (Å²) in [4.78, 5) is 27.0. The van der Waals surface area contributed by atoms with Gasteiger partial charge in [0.2, 0.25) is 0 Å². The second kappa shape index (κ2) is 9.43. The van der Waals surface area contributed by atoms with Gasteiger partial charge in [-0.15, -0.1) is 0 Å². The zero-order chi connectivity index (χ0) is 24.6. The zero-order valence-electron chi connectivity index (χ0n) is 19.9. The molecule has 0 unspecified atom stereocenters. The fourth-order valence-electron chi connectivity index (χ4n) is 3.54. The summed E-state index contributed by atoms with van der Waals surface area (Å²) in [5.41, 5.74) is 1.80. The van der Waals surface area contributed by atoms with Crippen molar-refractivity contribution in [3.05, 3.63) is 63.0 Å². The van der Waals surface area contributed by atoms with Crippen molar-refractivity contribution < 1.29 is 19.4 Å². The predicted molar refractivity (Wildman–Crippen MR) is 135 cm³/mol. The van der Waals surface area contributed by atoms with Crippen LogP contribution >= 0.6 is 23.4 Å². The van der Waals surface area contributed by atoms with E-state index >= 15 is 0 Å². The van der Waals surface area contributed by atoms with Gasteiger partial charge in [-0.2, -0.15) is 0 Å². The third-order valence-corrected chi connectivity index (χ3v) is 6.55. The Bertz CT molecular complexity index is 1080. The van der Waals surface area contributed by atoms with Crippen LogP contribution in [0.2, 0.25) is 5.02 Å². The van der Waals surface area contributed by atoms with E-state index in [1.165, 1.54) is 4.90 Å². The molecular formula is C26H30ClNO4S. The van der Waals surface area contributed by atoms with Crippen molar-refractivity contribution >= 4 is 40.6 Å². The topological polar surface area (TPSA) is 66.8 Å². The summed E-state index contributed by atoms with van der Waals surface area (Å²) in [5, 5.41) is 11.1. The standard InChI is InChI=1S/C26H30ClNO4S/c1-25(2,3)17-13-16(14-18(22(17)29)26(4,5)6)15-21-23(30)28(24(31)33-21)11-12-32-20-10-8-7-9-19(20)27/h7-10,13-15,29H,11-12H2,1-6H3/b21-15-. The fourth-order valence-corrected chi connectivity index (χ4v) is 4.59. The molecule has 2 amide bonds. The SMILES string of the molecule is CC(C)(C)c1cc(/C=C2\SC(=O)N(CCOc3ccccc3Cl)C2=O)cc(C(C)(C)C)c1O. The molecule has 0 aliphatic carbocycles. The van der Waals surface area contributed by atoms with Crippen molar-refractivity contribution in [2.45, 2.75) is 52.4 Å². The molecule has 3 rings (SSSR count). The van der Waals surface area contributed by atoms with E-state index in [2.05, 4.69) is 0 Å². The van der Waals surface area contributed by atoms with Crippen LogP contribution < -0.4 is 4.74 Å². The molecule has 1 N–H and O–H groups in total. The molecule has 2 aromatic carbocycles. The van der Waals surface area contributed by atoms with Gasteiger partial charge in [-0.25, -0.2) is 0 Å². The van der Waals surface area contributed by atoms with E-state index in [9.17, 15) is 14.7 Å². The summed E-state index contributed by atoms with van der Waals surface area (Å²) in [6.45, 7) is 12.5. The highest BCUT2D eigenvalue weighted by Gasteiger charge is 2.35. The molecule has 1 saturated heterocycles. The van der Waals surface area contributed by atoms with Gasteiger partial charge in [0.1, 0.15) is 18.1 Å². The predicted octanol–water partition coefficient (Wildman–Crippen LogP) is 6.76. The lowest BCUT2D eigenvalue weighted by Crippen LogP contribution is -2.32. The number of phenolic OH excluding ortho intramolecular Hbond substituents is 1. The molecule has 1 fully saturated rings. The maximum absolute atomic E-state index is 12.9. The van der Waals surface area contributed by atoms with Crippen molar-refractivity contribution in [2.75, 3.05) is 13.2 Å². The van der Waals surface area contributed by atoms with Gasteiger partial charge in [0, 0.05) is 11.1 Å². The number of aromatic hydroxyl groups is 1. The van der Waals surface area contributed by atoms with E-state index in [1.807, 2.05) is 53.7 Å². The van der Waals surface area contributed by atoms with Crippen LogP contribution in [0.4, 0.5) is 4.79 Å². The number of carbonyl (C=O) groups is 2. The number of imide groups is 1. The average molecular weight is 488 g/mol. The van der Waals surface area contributed by atoms with E-state index in [-0.39, 0.29) is 40.9 Å². The number of hydrogen-bond donors (Lipinski definition) is 1. The Morgan fingerprint density at radius 2 is 1.61 bits per heavy atom. The summed E-state index contributed by atoms with van der Waals surface area (Å²) in [7, 11) is 0. The molecular weight excluding hydrogens is 458 g/mol. The average Bonchev–Trinajstić information content (AvgIpc) is 2.96. The number of hydrogen-bond acceptors (Lipinski definition) is 5. The number of amides is 2. The Morgan fingerprint density at radius 3 is 2.15 bits per heavy atom. The van der Waals surface area contributed by atoms with Crippen LogP contribution in [-0.4, -0.2) is 34.3 Å². The minimum atomic E-state index is -0.351. The van der Waals surface area contributed by atoms with Gasteiger partial charge in [0.15, 0.2) is 0 Å². The van der Waals surface area contributed by atoms with Gasteiger partial charge in [-0.3, -0.25) is 14.5 Å². The highest BCUT2D eigenvalue weighted by molar-refractivity contribution is 8.18. The smallest absolute Gasteiger partial charge is 0.293 e. The van der Waals surface area contributed by atoms with Gasteiger partial charge >= 0.3 is 0 Å². The Balaban J connectivity index is 1.84. The first kappa shape index (κ1) is 25.2. The largest absolute Gasteiger partial charge is 0.507 e. The van der Waals surface area contributed by atoms with Gasteiger partial charge < -0.3 is 9.84 Å². The minimum Gasteiger partial charge on any atom is -0.507 e. The van der Waals surface area contributed by atoms with Gasteiger partial charge in [-0.05, 0) is 58.5 Å². The fraction of sp³-hybridized carbons (Fsp3) is 0.385. The number of halogens is 1. The molecule has 0 aromatic heterocycles. The monoisotopic (exact) mass is 487 g/mol. The van der Waals surface area contributed by atoms with Crippen LogP contribution in [0.25, 0.3) is 6.08 Å². The number of phenols is 1. The highest BCUT2D eigenvalue weighted by Crippen LogP contribution is 2.41. The molecule has 1 aliphatic heterocycles. The first-order valence-electron chi connectivity index (χ1n) is 10.8. The highest BCUT2D eigenvalue weighted by atomic mass is 35.5. The lowest BCUT2D eigenvalue weighted by atomic mass is 9.78. The summed E-state index contributed by atoms with van der Waals surface area (Å²) < 4.78 is 5.63. The normalized spacial score (nSPS) is 16.1. The summed E-state index contributed by atoms with van der Waals surface area (Å²) in [6, 6.07) is 10.8. The summed E-state index contributed by atoms with van der Waals surface area (Å²) in [6.07, 6.45) is 1.73. The van der Waals surface area contributed by atoms with Crippen molar-refractivity contribution in [3.63, 3.8) is 0 Å². The Labute approximate surface area is 204 Å². The molecule has 0 spiro atoms. The van der Waals surface area contributed by atoms with E-state index < -0.39 is 0 Å². The molecule has 5 nitrogen and oxygen atoms in total. The van der Waals surface area contributed by atoms with E-state index in [0.29, 0.717) is 15.7 Å². The molecule has 176 valence electrons. The summed E-state index contributed by atoms with van der Waals surface area (Å²) in [5.74, 6) is 0.433. The lowest BCUT2D eigenvalue weighted by Gasteiger charge is -2.28. The molecule has 0 atom stereocenters. The number of carbonyl (C=O) groups excluding carboxylic acids is 2. The summed E-state index contributed by atoms with van der Waals surface area (Å²) >= 11 is 7.00. The Hall–Kier alpha value is -2.44. The van der Waals surface area contributed by atoms with Crippen LogP contribution in [0.3, 0.4) is 0 Å². The van der Waals surface area contributed by atoms with E-state index in [0.717, 1.165) is 28.5 Å². The molecule has 0 radical (unpaired) electrons. The zero-order valence-corrected chi connectivity index (χ0v) is 21.4. The van der Waals surface area contributed by atoms with Crippen LogP contribution in [0.1, 0.15) is 58.2 Å². The van der Waals surface area contributed by atoms with Crippen LogP contribution in [0, 0.1) is 0 Å². The quantitative estimate of drug-likeness (QED) is 0.472. The number of ether oxygens (including phenoxy) is 1. The van der Waals surface area contributed by atoms with Gasteiger partial charge in [0.05, 0.1) is 16.5 Å². The Kier molecular flexibility index (Phi) is 7.20. The van der Waals surface area contributed by atoms with Crippen molar-refractivity contribution in [3.8, 4) is 11.5 Å². The number of rotatable bonds is 5. The maximum atomic E-state index is 12.9. The second-order valence-corrected chi connectivity index (χ2v) is 11.5. The van der Waals surface area contributed by atoms with Gasteiger partial charge in [-0.1, -0.05) is 65.3 Å². The van der Waals surface area contributed by atoms with E-state index in [1.54, 1.807) is 30.3 Å². The minimum absolute atomic E-state index is 0.128. The number of nitrogens with zero attached hydrogens (tertiary/aromatic N) is 1. The molecule has 2 aromatic rings. The molecule has 1 heterocycles. The van der Waals surface area contributed by atoms with Crippen LogP contribution in [-0.2, 0) is 15.6 Å². The van der Waals surface area contributed by atoms with Crippen LogP contribution in [0.15, 0.2) is 41.3 Å². The van der Waals surface area contributed by atoms with Crippen molar-refractivity contribution in [1.82, 2.24) is 4.90 Å². The van der Waals surface area contributed by atoms with E-state index in [4.69, 9.17) is 16.3 Å². The number of thioether (sulfide) groups is 1. The second-order valence-electron chi connectivity index (χ2n) is 10.1.